The van der Waals surface area contributed by atoms with E-state index in [9.17, 15) is 8.42 Å². The Labute approximate surface area is 133 Å². The normalized spacial score (nSPS) is 12.5. The zero-order valence-electron chi connectivity index (χ0n) is 11.8. The fraction of sp³-hybridized carbons (Fsp3) is 0.214. The molecule has 0 spiro atoms. The summed E-state index contributed by atoms with van der Waals surface area (Å²) in [6.07, 6.45) is 0. The standard InChI is InChI=1S/C14H15ClN2O2S2/c1-9-4-5-10(2)13(8-9)21(18,19)17-16-11(3)12-6-7-14(15)20-12/h4-8,17H,1-3H3/b16-11+. The molecule has 0 bridgehead atoms. The van der Waals surface area contributed by atoms with E-state index in [0.717, 1.165) is 10.4 Å². The highest BCUT2D eigenvalue weighted by atomic mass is 35.5. The molecule has 1 heterocycles. The van der Waals surface area contributed by atoms with Gasteiger partial charge in [0.2, 0.25) is 0 Å². The minimum absolute atomic E-state index is 0.239. The van der Waals surface area contributed by atoms with E-state index in [1.807, 2.05) is 13.0 Å². The van der Waals surface area contributed by atoms with Crippen LogP contribution in [0, 0.1) is 13.8 Å². The minimum atomic E-state index is -3.68. The Morgan fingerprint density at radius 2 is 1.95 bits per heavy atom. The molecule has 0 saturated carbocycles. The van der Waals surface area contributed by atoms with Crippen LogP contribution in [0.1, 0.15) is 22.9 Å². The van der Waals surface area contributed by atoms with Crippen molar-refractivity contribution in [3.8, 4) is 0 Å². The van der Waals surface area contributed by atoms with Crippen molar-refractivity contribution in [3.63, 3.8) is 0 Å². The monoisotopic (exact) mass is 342 g/mol. The first-order valence-electron chi connectivity index (χ1n) is 6.18. The smallest absolute Gasteiger partial charge is 0.200 e. The van der Waals surface area contributed by atoms with Gasteiger partial charge in [-0.25, -0.2) is 0 Å². The highest BCUT2D eigenvalue weighted by Crippen LogP contribution is 2.22. The summed E-state index contributed by atoms with van der Waals surface area (Å²) in [5.41, 5.74) is 2.13. The summed E-state index contributed by atoms with van der Waals surface area (Å²) in [5, 5.41) is 3.96. The van der Waals surface area contributed by atoms with Gasteiger partial charge in [-0.15, -0.1) is 11.3 Å². The van der Waals surface area contributed by atoms with Gasteiger partial charge in [0.15, 0.2) is 0 Å². The zero-order chi connectivity index (χ0) is 15.6. The number of hydrogen-bond donors (Lipinski definition) is 1. The Kier molecular flexibility index (Phi) is 4.70. The van der Waals surface area contributed by atoms with Gasteiger partial charge in [-0.2, -0.15) is 18.4 Å². The third-order valence-electron chi connectivity index (χ3n) is 2.90. The molecular formula is C14H15ClN2O2S2. The molecule has 1 aromatic carbocycles. The number of halogens is 1. The summed E-state index contributed by atoms with van der Waals surface area (Å²) in [7, 11) is -3.68. The van der Waals surface area contributed by atoms with Crippen molar-refractivity contribution >= 4 is 38.7 Å². The molecule has 4 nitrogen and oxygen atoms in total. The molecule has 0 saturated heterocycles. The highest BCUT2D eigenvalue weighted by Gasteiger charge is 2.16. The van der Waals surface area contributed by atoms with Gasteiger partial charge in [0, 0.05) is 0 Å². The van der Waals surface area contributed by atoms with Gasteiger partial charge in [0.1, 0.15) is 0 Å². The summed E-state index contributed by atoms with van der Waals surface area (Å²) in [6, 6.07) is 8.83. The fourth-order valence-corrected chi connectivity index (χ4v) is 3.91. The SMILES string of the molecule is C/C(=N\NS(=O)(=O)c1cc(C)ccc1C)c1ccc(Cl)s1. The van der Waals surface area contributed by atoms with Crippen LogP contribution in [0.25, 0.3) is 0 Å². The van der Waals surface area contributed by atoms with E-state index in [4.69, 9.17) is 11.6 Å². The van der Waals surface area contributed by atoms with Gasteiger partial charge in [-0.3, -0.25) is 0 Å². The molecular weight excluding hydrogens is 328 g/mol. The number of sulfonamides is 1. The number of benzene rings is 1. The number of hydrogen-bond acceptors (Lipinski definition) is 4. The molecule has 2 aromatic rings. The molecule has 0 aliphatic carbocycles. The molecule has 1 N–H and O–H groups in total. The minimum Gasteiger partial charge on any atom is -0.200 e. The molecule has 0 fully saturated rings. The molecule has 112 valence electrons. The first-order valence-corrected chi connectivity index (χ1v) is 8.86. The summed E-state index contributed by atoms with van der Waals surface area (Å²) < 4.78 is 25.2. The summed E-state index contributed by atoms with van der Waals surface area (Å²) in [6.45, 7) is 5.33. The molecule has 0 aliphatic rings. The largest absolute Gasteiger partial charge is 0.276 e. The van der Waals surface area contributed by atoms with Crippen LogP contribution in [0.5, 0.6) is 0 Å². The second kappa shape index (κ2) is 6.17. The lowest BCUT2D eigenvalue weighted by Gasteiger charge is -2.08. The van der Waals surface area contributed by atoms with Crippen molar-refractivity contribution in [3.05, 3.63) is 50.7 Å². The van der Waals surface area contributed by atoms with E-state index in [2.05, 4.69) is 9.93 Å². The van der Waals surface area contributed by atoms with Crippen molar-refractivity contribution in [2.45, 2.75) is 25.7 Å². The zero-order valence-corrected chi connectivity index (χ0v) is 14.2. The molecule has 21 heavy (non-hydrogen) atoms. The Morgan fingerprint density at radius 1 is 1.24 bits per heavy atom. The molecule has 2 rings (SSSR count). The van der Waals surface area contributed by atoms with E-state index in [-0.39, 0.29) is 4.90 Å². The van der Waals surface area contributed by atoms with Crippen LogP contribution in [-0.2, 0) is 10.0 Å². The number of hydrazone groups is 1. The number of rotatable bonds is 4. The first kappa shape index (κ1) is 16.0. The average Bonchev–Trinajstić information content (AvgIpc) is 2.85. The lowest BCUT2D eigenvalue weighted by atomic mass is 10.2. The predicted octanol–water partition coefficient (Wildman–Crippen LogP) is 3.72. The van der Waals surface area contributed by atoms with Crippen molar-refractivity contribution in [2.75, 3.05) is 0 Å². The van der Waals surface area contributed by atoms with Crippen LogP contribution in [0.2, 0.25) is 4.34 Å². The summed E-state index contributed by atoms with van der Waals surface area (Å²) >= 11 is 7.20. The molecule has 0 atom stereocenters. The van der Waals surface area contributed by atoms with Crippen LogP contribution in [0.4, 0.5) is 0 Å². The maximum atomic E-state index is 12.3. The fourth-order valence-electron chi connectivity index (χ4n) is 1.74. The molecule has 1 aromatic heterocycles. The Hall–Kier alpha value is -1.37. The maximum absolute atomic E-state index is 12.3. The number of aryl methyl sites for hydroxylation is 2. The lowest BCUT2D eigenvalue weighted by Crippen LogP contribution is -2.20. The third kappa shape index (κ3) is 3.84. The van der Waals surface area contributed by atoms with Crippen molar-refractivity contribution < 1.29 is 8.42 Å². The summed E-state index contributed by atoms with van der Waals surface area (Å²) in [4.78, 5) is 3.34. The topological polar surface area (TPSA) is 58.5 Å². The van der Waals surface area contributed by atoms with Gasteiger partial charge in [-0.05, 0) is 50.1 Å². The summed E-state index contributed by atoms with van der Waals surface area (Å²) in [5.74, 6) is 0. The Bertz CT molecular complexity index is 795. The van der Waals surface area contributed by atoms with Gasteiger partial charge in [0.05, 0.1) is 19.8 Å². The van der Waals surface area contributed by atoms with E-state index >= 15 is 0 Å². The molecule has 0 aliphatic heterocycles. The second-order valence-electron chi connectivity index (χ2n) is 4.66. The Morgan fingerprint density at radius 3 is 2.57 bits per heavy atom. The van der Waals surface area contributed by atoms with Crippen LogP contribution < -0.4 is 4.83 Å². The third-order valence-corrected chi connectivity index (χ3v) is 5.59. The molecule has 0 unspecified atom stereocenters. The van der Waals surface area contributed by atoms with E-state index in [1.54, 1.807) is 38.1 Å². The van der Waals surface area contributed by atoms with E-state index < -0.39 is 10.0 Å². The number of nitrogens with zero attached hydrogens (tertiary/aromatic N) is 1. The second-order valence-corrected chi connectivity index (χ2v) is 8.01. The van der Waals surface area contributed by atoms with Gasteiger partial charge < -0.3 is 0 Å². The van der Waals surface area contributed by atoms with Crippen LogP contribution in [-0.4, -0.2) is 14.1 Å². The average molecular weight is 343 g/mol. The Balaban J connectivity index is 2.27. The molecule has 0 amide bonds. The first-order chi connectivity index (χ1) is 9.79. The molecule has 0 radical (unpaired) electrons. The quantitative estimate of drug-likeness (QED) is 0.680. The van der Waals surface area contributed by atoms with Gasteiger partial charge in [-0.1, -0.05) is 23.7 Å². The lowest BCUT2D eigenvalue weighted by molar-refractivity contribution is 0.583. The van der Waals surface area contributed by atoms with Crippen LogP contribution in [0.3, 0.4) is 0 Å². The number of thiophene rings is 1. The highest BCUT2D eigenvalue weighted by molar-refractivity contribution is 7.89. The van der Waals surface area contributed by atoms with Crippen molar-refractivity contribution in [2.24, 2.45) is 5.10 Å². The van der Waals surface area contributed by atoms with E-state index in [0.29, 0.717) is 15.6 Å². The predicted molar refractivity (Wildman–Crippen MR) is 87.8 cm³/mol. The van der Waals surface area contributed by atoms with Gasteiger partial charge >= 0.3 is 0 Å². The van der Waals surface area contributed by atoms with Crippen LogP contribution >= 0.6 is 22.9 Å². The van der Waals surface area contributed by atoms with Gasteiger partial charge in [0.25, 0.3) is 10.0 Å². The maximum Gasteiger partial charge on any atom is 0.276 e. The van der Waals surface area contributed by atoms with Crippen molar-refractivity contribution in [1.29, 1.82) is 0 Å². The van der Waals surface area contributed by atoms with Crippen LogP contribution in [0.15, 0.2) is 40.3 Å². The van der Waals surface area contributed by atoms with Crippen molar-refractivity contribution in [1.82, 2.24) is 4.83 Å². The van der Waals surface area contributed by atoms with E-state index in [1.165, 1.54) is 11.3 Å². The molecule has 7 heteroatoms. The number of nitrogens with one attached hydrogen (secondary N) is 1.